The van der Waals surface area contributed by atoms with Crippen molar-refractivity contribution in [2.24, 2.45) is 0 Å². The molecule has 2 aromatic rings. The van der Waals surface area contributed by atoms with Crippen LogP contribution in [-0.2, 0) is 22.5 Å². The van der Waals surface area contributed by atoms with Gasteiger partial charge >= 0.3 is 0 Å². The van der Waals surface area contributed by atoms with Crippen LogP contribution in [0.3, 0.4) is 0 Å². The Morgan fingerprint density at radius 2 is 2.07 bits per heavy atom. The molecule has 2 heterocycles. The van der Waals surface area contributed by atoms with E-state index in [9.17, 15) is 14.9 Å². The number of anilines is 1. The molecule has 1 amide bonds. The van der Waals surface area contributed by atoms with Gasteiger partial charge < -0.3 is 10.1 Å². The van der Waals surface area contributed by atoms with Crippen molar-refractivity contribution < 1.29 is 14.5 Å². The zero-order valence-electron chi connectivity index (χ0n) is 15.3. The Labute approximate surface area is 161 Å². The lowest BCUT2D eigenvalue weighted by Gasteiger charge is -2.34. The second-order valence-electron chi connectivity index (χ2n) is 6.71. The summed E-state index contributed by atoms with van der Waals surface area (Å²) in [5.41, 5.74) is 1.22. The minimum absolute atomic E-state index is 0.0527. The van der Waals surface area contributed by atoms with Gasteiger partial charge in [-0.2, -0.15) is 0 Å². The van der Waals surface area contributed by atoms with E-state index in [1.54, 1.807) is 18.2 Å². The second kappa shape index (κ2) is 8.55. The quantitative estimate of drug-likeness (QED) is 0.602. The maximum atomic E-state index is 12.2. The molecule has 1 N–H and O–H groups in total. The maximum absolute atomic E-state index is 12.2. The molecule has 0 saturated carbocycles. The standard InChI is InChI=1S/C18H22N4O4S/c1-12-8-21(9-13(2)26-12)10-15-11-27-18(19-15)20-17(23)7-14-5-3-4-6-16(14)22(24)25/h3-6,11-13H,7-10H2,1-2H3,(H,19,20,23). The fourth-order valence-electron chi connectivity index (χ4n) is 3.25. The second-order valence-corrected chi connectivity index (χ2v) is 7.56. The topological polar surface area (TPSA) is 97.6 Å². The first-order valence-electron chi connectivity index (χ1n) is 8.75. The maximum Gasteiger partial charge on any atom is 0.273 e. The summed E-state index contributed by atoms with van der Waals surface area (Å²) in [6.07, 6.45) is 0.311. The molecule has 0 spiro atoms. The molecule has 1 aliphatic heterocycles. The lowest BCUT2D eigenvalue weighted by atomic mass is 10.1. The molecule has 8 nitrogen and oxygen atoms in total. The molecular formula is C18H22N4O4S. The molecule has 144 valence electrons. The van der Waals surface area contributed by atoms with Gasteiger partial charge in [0.2, 0.25) is 5.91 Å². The number of rotatable bonds is 6. The van der Waals surface area contributed by atoms with E-state index in [0.29, 0.717) is 17.2 Å². The van der Waals surface area contributed by atoms with Gasteiger partial charge in [0.1, 0.15) is 0 Å². The van der Waals surface area contributed by atoms with Crippen LogP contribution in [0, 0.1) is 10.1 Å². The number of ether oxygens (including phenoxy) is 1. The smallest absolute Gasteiger partial charge is 0.273 e. The molecule has 2 unspecified atom stereocenters. The molecule has 0 radical (unpaired) electrons. The van der Waals surface area contributed by atoms with Gasteiger partial charge in [-0.1, -0.05) is 18.2 Å². The lowest BCUT2D eigenvalue weighted by Crippen LogP contribution is -2.44. The van der Waals surface area contributed by atoms with Crippen LogP contribution in [0.2, 0.25) is 0 Å². The Hall–Kier alpha value is -2.36. The predicted octanol–water partition coefficient (Wildman–Crippen LogP) is 2.84. The Kier molecular flexibility index (Phi) is 6.15. The van der Waals surface area contributed by atoms with Crippen LogP contribution in [-0.4, -0.2) is 46.0 Å². The molecule has 3 rings (SSSR count). The third kappa shape index (κ3) is 5.31. The van der Waals surface area contributed by atoms with Gasteiger partial charge in [0.05, 0.1) is 29.2 Å². The first-order chi connectivity index (χ1) is 12.9. The van der Waals surface area contributed by atoms with Gasteiger partial charge in [0, 0.05) is 36.6 Å². The van der Waals surface area contributed by atoms with Gasteiger partial charge in [-0.05, 0) is 13.8 Å². The van der Waals surface area contributed by atoms with E-state index >= 15 is 0 Å². The third-order valence-corrected chi connectivity index (χ3v) is 5.02. The van der Waals surface area contributed by atoms with E-state index in [2.05, 4.69) is 29.0 Å². The van der Waals surface area contributed by atoms with E-state index in [1.807, 2.05) is 5.38 Å². The van der Waals surface area contributed by atoms with Crippen molar-refractivity contribution in [2.75, 3.05) is 18.4 Å². The molecule has 1 aromatic carbocycles. The zero-order chi connectivity index (χ0) is 19.4. The third-order valence-electron chi connectivity index (χ3n) is 4.22. The number of amides is 1. The normalized spacial score (nSPS) is 20.4. The number of nitro benzene ring substituents is 1. The van der Waals surface area contributed by atoms with Crippen LogP contribution >= 0.6 is 11.3 Å². The summed E-state index contributed by atoms with van der Waals surface area (Å²) in [4.78, 5) is 29.6. The van der Waals surface area contributed by atoms with E-state index in [-0.39, 0.29) is 30.2 Å². The summed E-state index contributed by atoms with van der Waals surface area (Å²) >= 11 is 1.35. The van der Waals surface area contributed by atoms with Crippen LogP contribution in [0.15, 0.2) is 29.6 Å². The van der Waals surface area contributed by atoms with E-state index < -0.39 is 4.92 Å². The summed E-state index contributed by atoms with van der Waals surface area (Å²) in [5.74, 6) is -0.321. The number of para-hydroxylation sites is 1. The summed E-state index contributed by atoms with van der Waals surface area (Å²) in [5, 5.41) is 16.2. The highest BCUT2D eigenvalue weighted by Crippen LogP contribution is 2.21. The number of nitro groups is 1. The minimum atomic E-state index is -0.478. The number of morpholine rings is 1. The van der Waals surface area contributed by atoms with E-state index in [1.165, 1.54) is 17.4 Å². The van der Waals surface area contributed by atoms with Crippen LogP contribution in [0.1, 0.15) is 25.1 Å². The fourth-order valence-corrected chi connectivity index (χ4v) is 3.97. The Balaban J connectivity index is 1.57. The van der Waals surface area contributed by atoms with Crippen molar-refractivity contribution in [3.05, 3.63) is 51.0 Å². The average Bonchev–Trinajstić information content (AvgIpc) is 3.00. The first kappa shape index (κ1) is 19.4. The molecule has 1 aromatic heterocycles. The van der Waals surface area contributed by atoms with E-state index in [4.69, 9.17) is 4.74 Å². The number of thiazole rings is 1. The lowest BCUT2D eigenvalue weighted by molar-refractivity contribution is -0.385. The highest BCUT2D eigenvalue weighted by Gasteiger charge is 2.23. The zero-order valence-corrected chi connectivity index (χ0v) is 16.1. The van der Waals surface area contributed by atoms with Crippen molar-refractivity contribution in [1.82, 2.24) is 9.88 Å². The van der Waals surface area contributed by atoms with Crippen LogP contribution in [0.25, 0.3) is 0 Å². The molecule has 1 fully saturated rings. The highest BCUT2D eigenvalue weighted by atomic mass is 32.1. The van der Waals surface area contributed by atoms with Crippen molar-refractivity contribution in [2.45, 2.75) is 39.0 Å². The average molecular weight is 390 g/mol. The first-order valence-corrected chi connectivity index (χ1v) is 9.63. The van der Waals surface area contributed by atoms with Crippen molar-refractivity contribution in [3.8, 4) is 0 Å². The van der Waals surface area contributed by atoms with Crippen molar-refractivity contribution in [1.29, 1.82) is 0 Å². The number of benzene rings is 1. The number of aromatic nitrogens is 1. The van der Waals surface area contributed by atoms with Crippen molar-refractivity contribution >= 4 is 28.1 Å². The molecule has 2 atom stereocenters. The summed E-state index contributed by atoms with van der Waals surface area (Å²) in [7, 11) is 0. The van der Waals surface area contributed by atoms with Crippen LogP contribution < -0.4 is 5.32 Å². The molecule has 0 aliphatic carbocycles. The summed E-state index contributed by atoms with van der Waals surface area (Å²) in [6, 6.07) is 6.25. The van der Waals surface area contributed by atoms with Gasteiger partial charge in [0.15, 0.2) is 5.13 Å². The number of hydrogen-bond acceptors (Lipinski definition) is 7. The Bertz CT molecular complexity index is 815. The SMILES string of the molecule is CC1CN(Cc2csc(NC(=O)Cc3ccccc3[N+](=O)[O-])n2)CC(C)O1. The Morgan fingerprint density at radius 3 is 2.78 bits per heavy atom. The van der Waals surface area contributed by atoms with Gasteiger partial charge in [-0.25, -0.2) is 4.98 Å². The highest BCUT2D eigenvalue weighted by molar-refractivity contribution is 7.13. The minimum Gasteiger partial charge on any atom is -0.373 e. The number of carbonyl (C=O) groups is 1. The number of hydrogen-bond donors (Lipinski definition) is 1. The van der Waals surface area contributed by atoms with Gasteiger partial charge in [0.25, 0.3) is 5.69 Å². The Morgan fingerprint density at radius 1 is 1.37 bits per heavy atom. The number of nitrogens with zero attached hydrogens (tertiary/aromatic N) is 3. The molecular weight excluding hydrogens is 368 g/mol. The van der Waals surface area contributed by atoms with Crippen LogP contribution in [0.4, 0.5) is 10.8 Å². The monoisotopic (exact) mass is 390 g/mol. The fraction of sp³-hybridized carbons (Fsp3) is 0.444. The van der Waals surface area contributed by atoms with Crippen molar-refractivity contribution in [3.63, 3.8) is 0 Å². The molecule has 1 aliphatic rings. The molecule has 27 heavy (non-hydrogen) atoms. The predicted molar refractivity (Wildman–Crippen MR) is 103 cm³/mol. The number of carbonyl (C=O) groups excluding carboxylic acids is 1. The summed E-state index contributed by atoms with van der Waals surface area (Å²) in [6.45, 7) is 6.51. The molecule has 1 saturated heterocycles. The van der Waals surface area contributed by atoms with Gasteiger partial charge in [-0.15, -0.1) is 11.3 Å². The van der Waals surface area contributed by atoms with Gasteiger partial charge in [-0.3, -0.25) is 19.8 Å². The molecule has 9 heteroatoms. The van der Waals surface area contributed by atoms with E-state index in [0.717, 1.165) is 18.8 Å². The molecule has 0 bridgehead atoms. The van der Waals surface area contributed by atoms with Crippen LogP contribution in [0.5, 0.6) is 0 Å². The number of nitrogens with one attached hydrogen (secondary N) is 1. The summed E-state index contributed by atoms with van der Waals surface area (Å²) < 4.78 is 5.73. The largest absolute Gasteiger partial charge is 0.373 e.